The maximum absolute atomic E-state index is 9.14. The number of hydrogen-bond donors (Lipinski definition) is 1. The van der Waals surface area contributed by atoms with Crippen molar-refractivity contribution in [1.29, 1.82) is 5.26 Å². The van der Waals surface area contributed by atoms with Crippen LogP contribution in [0.5, 0.6) is 0 Å². The van der Waals surface area contributed by atoms with Gasteiger partial charge in [0.05, 0.1) is 6.07 Å². The number of nitrogens with zero attached hydrogens (tertiary/aromatic N) is 2. The highest BCUT2D eigenvalue weighted by Gasteiger charge is 2.21. The van der Waals surface area contributed by atoms with E-state index in [4.69, 9.17) is 5.26 Å². The van der Waals surface area contributed by atoms with Gasteiger partial charge in [-0.2, -0.15) is 5.26 Å². The van der Waals surface area contributed by atoms with Gasteiger partial charge in [0.25, 0.3) is 0 Å². The van der Waals surface area contributed by atoms with Gasteiger partial charge < -0.3 is 5.32 Å². The first-order valence-electron chi connectivity index (χ1n) is 4.79. The van der Waals surface area contributed by atoms with E-state index in [9.17, 15) is 0 Å². The molecule has 0 amide bonds. The van der Waals surface area contributed by atoms with Crippen LogP contribution in [0.4, 0.5) is 0 Å². The van der Waals surface area contributed by atoms with Crippen molar-refractivity contribution in [3.05, 3.63) is 22.4 Å². The Bertz CT molecular complexity index is 309. The SMILES string of the molecule is N#CC(c1cccs1)N1CCNCC1. The second kappa shape index (κ2) is 4.56. The summed E-state index contributed by atoms with van der Waals surface area (Å²) in [6.07, 6.45) is 0. The summed E-state index contributed by atoms with van der Waals surface area (Å²) in [6, 6.07) is 6.39. The number of piperazine rings is 1. The van der Waals surface area contributed by atoms with E-state index in [1.807, 2.05) is 17.5 Å². The van der Waals surface area contributed by atoms with E-state index in [2.05, 4.69) is 16.3 Å². The molecule has 14 heavy (non-hydrogen) atoms. The molecule has 1 atom stereocenters. The molecule has 0 saturated carbocycles. The van der Waals surface area contributed by atoms with E-state index in [0.29, 0.717) is 0 Å². The third-order valence-corrected chi connectivity index (χ3v) is 3.38. The molecule has 0 spiro atoms. The summed E-state index contributed by atoms with van der Waals surface area (Å²) in [7, 11) is 0. The molecular weight excluding hydrogens is 194 g/mol. The van der Waals surface area contributed by atoms with Gasteiger partial charge >= 0.3 is 0 Å². The summed E-state index contributed by atoms with van der Waals surface area (Å²) in [4.78, 5) is 3.40. The predicted octanol–water partition coefficient (Wildman–Crippen LogP) is 1.22. The summed E-state index contributed by atoms with van der Waals surface area (Å²) in [5, 5.41) is 14.5. The Morgan fingerprint density at radius 2 is 2.29 bits per heavy atom. The molecule has 1 aliphatic rings. The summed E-state index contributed by atoms with van der Waals surface area (Å²) in [5.74, 6) is 0. The van der Waals surface area contributed by atoms with Gasteiger partial charge in [0.1, 0.15) is 6.04 Å². The molecule has 1 aliphatic heterocycles. The van der Waals surface area contributed by atoms with Crippen molar-refractivity contribution < 1.29 is 0 Å². The van der Waals surface area contributed by atoms with Crippen LogP contribution >= 0.6 is 11.3 Å². The third-order valence-electron chi connectivity index (χ3n) is 2.45. The van der Waals surface area contributed by atoms with Crippen LogP contribution in [0.25, 0.3) is 0 Å². The lowest BCUT2D eigenvalue weighted by Gasteiger charge is -2.30. The number of rotatable bonds is 2. The highest BCUT2D eigenvalue weighted by atomic mass is 32.1. The van der Waals surface area contributed by atoms with Gasteiger partial charge in [0, 0.05) is 31.1 Å². The Kier molecular flexibility index (Phi) is 3.14. The van der Waals surface area contributed by atoms with Gasteiger partial charge in [-0.3, -0.25) is 4.90 Å². The van der Waals surface area contributed by atoms with Crippen LogP contribution in [-0.2, 0) is 0 Å². The highest BCUT2D eigenvalue weighted by molar-refractivity contribution is 7.10. The first kappa shape index (κ1) is 9.66. The second-order valence-corrected chi connectivity index (χ2v) is 4.31. The molecule has 3 nitrogen and oxygen atoms in total. The van der Waals surface area contributed by atoms with Crippen molar-refractivity contribution in [1.82, 2.24) is 10.2 Å². The molecule has 1 N–H and O–H groups in total. The lowest BCUT2D eigenvalue weighted by Crippen LogP contribution is -2.44. The monoisotopic (exact) mass is 207 g/mol. The molecule has 0 bridgehead atoms. The summed E-state index contributed by atoms with van der Waals surface area (Å²) in [6.45, 7) is 3.92. The Hall–Kier alpha value is -0.890. The van der Waals surface area contributed by atoms with Crippen LogP contribution < -0.4 is 5.32 Å². The van der Waals surface area contributed by atoms with Gasteiger partial charge in [-0.05, 0) is 11.4 Å². The highest BCUT2D eigenvalue weighted by Crippen LogP contribution is 2.24. The standard InChI is InChI=1S/C10H13N3S/c11-8-9(10-2-1-7-14-10)13-5-3-12-4-6-13/h1-2,7,9,12H,3-6H2. The Balaban J connectivity index is 2.09. The Labute approximate surface area is 88.0 Å². The number of nitrogens with one attached hydrogen (secondary N) is 1. The minimum absolute atomic E-state index is 0.0444. The van der Waals surface area contributed by atoms with Crippen LogP contribution in [0.2, 0.25) is 0 Å². The van der Waals surface area contributed by atoms with Crippen LogP contribution in [-0.4, -0.2) is 31.1 Å². The molecule has 1 aromatic rings. The summed E-state index contributed by atoms with van der Waals surface area (Å²) < 4.78 is 0. The van der Waals surface area contributed by atoms with E-state index in [1.54, 1.807) is 11.3 Å². The fourth-order valence-corrected chi connectivity index (χ4v) is 2.51. The van der Waals surface area contributed by atoms with E-state index >= 15 is 0 Å². The summed E-state index contributed by atoms with van der Waals surface area (Å²) in [5.41, 5.74) is 0. The quantitative estimate of drug-likeness (QED) is 0.792. The van der Waals surface area contributed by atoms with Crippen LogP contribution in [0.3, 0.4) is 0 Å². The molecule has 2 heterocycles. The van der Waals surface area contributed by atoms with Crippen LogP contribution in [0.1, 0.15) is 10.9 Å². The average molecular weight is 207 g/mol. The molecule has 2 rings (SSSR count). The number of hydrogen-bond acceptors (Lipinski definition) is 4. The zero-order chi connectivity index (χ0) is 9.80. The largest absolute Gasteiger partial charge is 0.314 e. The Morgan fingerprint density at radius 3 is 2.86 bits per heavy atom. The van der Waals surface area contributed by atoms with Crippen LogP contribution in [0, 0.1) is 11.3 Å². The average Bonchev–Trinajstić information content (AvgIpc) is 2.74. The maximum atomic E-state index is 9.14. The van der Waals surface area contributed by atoms with Gasteiger partial charge in [0.15, 0.2) is 0 Å². The zero-order valence-corrected chi connectivity index (χ0v) is 8.76. The molecule has 74 valence electrons. The molecule has 0 aromatic carbocycles. The minimum atomic E-state index is -0.0444. The topological polar surface area (TPSA) is 39.1 Å². The number of nitriles is 1. The lowest BCUT2D eigenvalue weighted by atomic mass is 10.2. The fraction of sp³-hybridized carbons (Fsp3) is 0.500. The normalized spacial score (nSPS) is 20.2. The van der Waals surface area contributed by atoms with Crippen LogP contribution in [0.15, 0.2) is 17.5 Å². The lowest BCUT2D eigenvalue weighted by molar-refractivity contribution is 0.210. The Morgan fingerprint density at radius 1 is 1.50 bits per heavy atom. The first-order chi connectivity index (χ1) is 6.92. The van der Waals surface area contributed by atoms with Gasteiger partial charge in [-0.25, -0.2) is 0 Å². The van der Waals surface area contributed by atoms with Crippen molar-refractivity contribution in [2.24, 2.45) is 0 Å². The van der Waals surface area contributed by atoms with Gasteiger partial charge in [-0.1, -0.05) is 6.07 Å². The molecule has 1 unspecified atom stereocenters. The minimum Gasteiger partial charge on any atom is -0.314 e. The van der Waals surface area contributed by atoms with Crippen molar-refractivity contribution in [3.8, 4) is 6.07 Å². The van der Waals surface area contributed by atoms with E-state index in [1.165, 1.54) is 0 Å². The molecule has 1 fully saturated rings. The van der Waals surface area contributed by atoms with E-state index < -0.39 is 0 Å². The molecule has 1 saturated heterocycles. The van der Waals surface area contributed by atoms with Crippen molar-refractivity contribution in [3.63, 3.8) is 0 Å². The fourth-order valence-electron chi connectivity index (χ4n) is 1.71. The van der Waals surface area contributed by atoms with Gasteiger partial charge in [-0.15, -0.1) is 11.3 Å². The molecule has 0 aliphatic carbocycles. The molecule has 1 aromatic heterocycles. The molecule has 0 radical (unpaired) electrons. The van der Waals surface area contributed by atoms with Crippen molar-refractivity contribution in [2.75, 3.05) is 26.2 Å². The van der Waals surface area contributed by atoms with Crippen molar-refractivity contribution >= 4 is 11.3 Å². The smallest absolute Gasteiger partial charge is 0.133 e. The van der Waals surface area contributed by atoms with E-state index in [-0.39, 0.29) is 6.04 Å². The molecule has 4 heteroatoms. The maximum Gasteiger partial charge on any atom is 0.133 e. The first-order valence-corrected chi connectivity index (χ1v) is 5.67. The van der Waals surface area contributed by atoms with Gasteiger partial charge in [0.2, 0.25) is 0 Å². The summed E-state index contributed by atoms with van der Waals surface area (Å²) >= 11 is 1.66. The van der Waals surface area contributed by atoms with Crippen molar-refractivity contribution in [2.45, 2.75) is 6.04 Å². The second-order valence-electron chi connectivity index (χ2n) is 3.33. The predicted molar refractivity (Wildman–Crippen MR) is 57.1 cm³/mol. The zero-order valence-electron chi connectivity index (χ0n) is 7.94. The molecular formula is C10H13N3S. The third kappa shape index (κ3) is 1.95. The number of thiophene rings is 1. The van der Waals surface area contributed by atoms with E-state index in [0.717, 1.165) is 31.1 Å².